The van der Waals surface area contributed by atoms with Gasteiger partial charge in [-0.05, 0) is 47.7 Å². The van der Waals surface area contributed by atoms with Gasteiger partial charge in [0.15, 0.2) is 0 Å². The lowest BCUT2D eigenvalue weighted by molar-refractivity contribution is 0.0954. The average Bonchev–Trinajstić information content (AvgIpc) is 3.01. The zero-order chi connectivity index (χ0) is 17.1. The number of benzene rings is 1. The number of nitrogens with one attached hydrogen (secondary N) is 2. The molecular formula is C15H14FIN6O. The van der Waals surface area contributed by atoms with Crippen molar-refractivity contribution in [3.05, 3.63) is 51.2 Å². The fourth-order valence-corrected chi connectivity index (χ4v) is 2.77. The predicted octanol–water partition coefficient (Wildman–Crippen LogP) is 2.02. The zero-order valence-electron chi connectivity index (χ0n) is 12.8. The van der Waals surface area contributed by atoms with E-state index in [2.05, 4.69) is 25.7 Å². The number of aromatic nitrogens is 4. The lowest BCUT2D eigenvalue weighted by Gasteiger charge is -2.10. The minimum absolute atomic E-state index is 0.308. The van der Waals surface area contributed by atoms with Gasteiger partial charge in [0.1, 0.15) is 18.0 Å². The van der Waals surface area contributed by atoms with Crippen LogP contribution in [-0.2, 0) is 0 Å². The molecule has 1 amide bonds. The molecule has 3 rings (SSSR count). The number of hydrogen-bond acceptors (Lipinski definition) is 5. The van der Waals surface area contributed by atoms with E-state index in [4.69, 9.17) is 0 Å². The summed E-state index contributed by atoms with van der Waals surface area (Å²) in [7, 11) is 0. The van der Waals surface area contributed by atoms with Gasteiger partial charge in [-0.25, -0.2) is 9.37 Å². The smallest absolute Gasteiger partial charge is 0.254 e. The highest BCUT2D eigenvalue weighted by molar-refractivity contribution is 14.1. The topological polar surface area (TPSA) is 84.2 Å². The Morgan fingerprint density at radius 3 is 3.00 bits per heavy atom. The van der Waals surface area contributed by atoms with E-state index in [9.17, 15) is 9.18 Å². The monoisotopic (exact) mass is 440 g/mol. The molecule has 2 aromatic heterocycles. The minimum Gasteiger partial charge on any atom is -0.368 e. The van der Waals surface area contributed by atoms with Crippen molar-refractivity contribution < 1.29 is 9.18 Å². The van der Waals surface area contributed by atoms with Crippen molar-refractivity contribution in [2.75, 3.05) is 18.4 Å². The molecule has 0 bridgehead atoms. The third-order valence-electron chi connectivity index (χ3n) is 3.27. The van der Waals surface area contributed by atoms with Crippen LogP contribution in [0, 0.1) is 16.3 Å². The Kier molecular flexibility index (Phi) is 4.88. The molecule has 1 aromatic carbocycles. The summed E-state index contributed by atoms with van der Waals surface area (Å²) in [6, 6.07) is 5.98. The highest BCUT2D eigenvalue weighted by Gasteiger charge is 2.11. The maximum absolute atomic E-state index is 13.3. The second kappa shape index (κ2) is 7.07. The van der Waals surface area contributed by atoms with Gasteiger partial charge in [-0.1, -0.05) is 0 Å². The van der Waals surface area contributed by atoms with Gasteiger partial charge >= 0.3 is 0 Å². The van der Waals surface area contributed by atoms with Crippen LogP contribution >= 0.6 is 22.6 Å². The maximum Gasteiger partial charge on any atom is 0.254 e. The first-order valence-electron chi connectivity index (χ1n) is 7.19. The van der Waals surface area contributed by atoms with Gasteiger partial charge in [0.05, 0.1) is 5.56 Å². The van der Waals surface area contributed by atoms with Crippen LogP contribution in [-0.4, -0.2) is 38.6 Å². The number of hydrogen-bond donors (Lipinski definition) is 2. The van der Waals surface area contributed by atoms with E-state index in [1.807, 2.05) is 35.6 Å². The van der Waals surface area contributed by atoms with Crippen molar-refractivity contribution in [2.45, 2.75) is 6.92 Å². The number of fused-ring (bicyclic) bond motifs is 1. The van der Waals surface area contributed by atoms with E-state index in [1.54, 1.807) is 10.6 Å². The Labute approximate surface area is 150 Å². The van der Waals surface area contributed by atoms with Crippen LogP contribution in [0.2, 0.25) is 0 Å². The fraction of sp³-hybridized carbons (Fsp3) is 0.200. The number of nitrogens with zero attached hydrogens (tertiary/aromatic N) is 4. The summed E-state index contributed by atoms with van der Waals surface area (Å²) >= 11 is 2.01. The van der Waals surface area contributed by atoms with Crippen LogP contribution in [0.1, 0.15) is 16.1 Å². The highest BCUT2D eigenvalue weighted by Crippen LogP contribution is 2.13. The SMILES string of the molecule is Cc1cc(NCCNC(=O)c2cc(F)ccc2I)n2ncnc2n1. The number of carbonyl (C=O) groups is 1. The number of amides is 1. The van der Waals surface area contributed by atoms with Crippen LogP contribution in [0.3, 0.4) is 0 Å². The van der Waals surface area contributed by atoms with E-state index in [-0.39, 0.29) is 5.91 Å². The van der Waals surface area contributed by atoms with E-state index in [0.29, 0.717) is 28.0 Å². The van der Waals surface area contributed by atoms with Gasteiger partial charge in [0.25, 0.3) is 11.7 Å². The molecule has 0 spiro atoms. The molecule has 0 aliphatic carbocycles. The standard InChI is InChI=1S/C15H14FIN6O/c1-9-6-13(23-15(22-9)20-8-21-23)18-4-5-19-14(24)11-7-10(16)2-3-12(11)17/h2-3,6-8,18H,4-5H2,1H3,(H,19,24). The van der Waals surface area contributed by atoms with Crippen LogP contribution in [0.15, 0.2) is 30.6 Å². The third kappa shape index (κ3) is 3.61. The average molecular weight is 440 g/mol. The van der Waals surface area contributed by atoms with Crippen molar-refractivity contribution in [3.8, 4) is 0 Å². The molecule has 9 heteroatoms. The molecule has 2 N–H and O–H groups in total. The van der Waals surface area contributed by atoms with Crippen LogP contribution < -0.4 is 10.6 Å². The Bertz CT molecular complexity index is 897. The Morgan fingerprint density at radius 1 is 1.33 bits per heavy atom. The van der Waals surface area contributed by atoms with Gasteiger partial charge in [0, 0.05) is 28.4 Å². The quantitative estimate of drug-likeness (QED) is 0.469. The van der Waals surface area contributed by atoms with Crippen molar-refractivity contribution in [2.24, 2.45) is 0 Å². The molecule has 2 heterocycles. The van der Waals surface area contributed by atoms with E-state index in [1.165, 1.54) is 18.5 Å². The molecule has 0 radical (unpaired) electrons. The molecular weight excluding hydrogens is 426 g/mol. The minimum atomic E-state index is -0.431. The molecule has 0 fully saturated rings. The summed E-state index contributed by atoms with van der Waals surface area (Å²) in [4.78, 5) is 20.4. The molecule has 0 aliphatic heterocycles. The van der Waals surface area contributed by atoms with Crippen LogP contribution in [0.25, 0.3) is 5.78 Å². The second-order valence-electron chi connectivity index (χ2n) is 5.06. The number of halogens is 2. The van der Waals surface area contributed by atoms with Gasteiger partial charge in [-0.3, -0.25) is 4.79 Å². The van der Waals surface area contributed by atoms with E-state index >= 15 is 0 Å². The third-order valence-corrected chi connectivity index (χ3v) is 4.21. The first-order valence-corrected chi connectivity index (χ1v) is 8.27. The molecule has 24 heavy (non-hydrogen) atoms. The summed E-state index contributed by atoms with van der Waals surface area (Å²) < 4.78 is 15.5. The van der Waals surface area contributed by atoms with Crippen LogP contribution in [0.5, 0.6) is 0 Å². The number of anilines is 1. The molecule has 0 unspecified atom stereocenters. The lowest BCUT2D eigenvalue weighted by Crippen LogP contribution is -2.29. The molecule has 0 atom stereocenters. The largest absolute Gasteiger partial charge is 0.368 e. The first kappa shape index (κ1) is 16.6. The summed E-state index contributed by atoms with van der Waals surface area (Å²) in [6.07, 6.45) is 1.43. The van der Waals surface area contributed by atoms with Crippen molar-refractivity contribution >= 4 is 40.1 Å². The Balaban J connectivity index is 1.59. The molecule has 0 aliphatic rings. The number of aryl methyl sites for hydroxylation is 1. The Morgan fingerprint density at radius 2 is 2.17 bits per heavy atom. The normalized spacial score (nSPS) is 10.8. The van der Waals surface area contributed by atoms with Gasteiger partial charge in [0.2, 0.25) is 0 Å². The molecule has 3 aromatic rings. The fourth-order valence-electron chi connectivity index (χ4n) is 2.19. The van der Waals surface area contributed by atoms with Crippen molar-refractivity contribution in [3.63, 3.8) is 0 Å². The summed E-state index contributed by atoms with van der Waals surface area (Å²) in [5.74, 6) is 0.512. The lowest BCUT2D eigenvalue weighted by atomic mass is 10.2. The highest BCUT2D eigenvalue weighted by atomic mass is 127. The molecule has 7 nitrogen and oxygen atoms in total. The second-order valence-corrected chi connectivity index (χ2v) is 6.22. The predicted molar refractivity (Wildman–Crippen MR) is 95.5 cm³/mol. The van der Waals surface area contributed by atoms with E-state index < -0.39 is 5.82 Å². The van der Waals surface area contributed by atoms with Gasteiger partial charge < -0.3 is 10.6 Å². The maximum atomic E-state index is 13.3. The summed E-state index contributed by atoms with van der Waals surface area (Å²) in [6.45, 7) is 2.73. The number of carbonyl (C=O) groups excluding carboxylic acids is 1. The molecule has 0 saturated carbocycles. The molecule has 0 saturated heterocycles. The Hall–Kier alpha value is -2.30. The summed E-state index contributed by atoms with van der Waals surface area (Å²) in [5, 5.41) is 10.0. The molecule has 124 valence electrons. The first-order chi connectivity index (χ1) is 11.5. The van der Waals surface area contributed by atoms with E-state index in [0.717, 1.165) is 11.5 Å². The van der Waals surface area contributed by atoms with Gasteiger partial charge in [-0.2, -0.15) is 14.6 Å². The summed E-state index contributed by atoms with van der Waals surface area (Å²) in [5.41, 5.74) is 1.14. The van der Waals surface area contributed by atoms with Crippen LogP contribution in [0.4, 0.5) is 10.2 Å². The van der Waals surface area contributed by atoms with Crippen molar-refractivity contribution in [1.82, 2.24) is 24.9 Å². The van der Waals surface area contributed by atoms with Crippen molar-refractivity contribution in [1.29, 1.82) is 0 Å². The zero-order valence-corrected chi connectivity index (χ0v) is 14.9. The number of rotatable bonds is 5. The van der Waals surface area contributed by atoms with Gasteiger partial charge in [-0.15, -0.1) is 0 Å².